The van der Waals surface area contributed by atoms with Gasteiger partial charge < -0.3 is 19.9 Å². The van der Waals surface area contributed by atoms with Crippen LogP contribution in [0.4, 0.5) is 5.82 Å². The van der Waals surface area contributed by atoms with E-state index >= 15 is 0 Å². The predicted octanol–water partition coefficient (Wildman–Crippen LogP) is 2.03. The molecule has 0 spiro atoms. The molecule has 0 aliphatic rings. The number of aryl methyl sites for hydroxylation is 1. The lowest BCUT2D eigenvalue weighted by atomic mass is 10.2. The standard InChI is InChI=1S/C19H22N4O5S/c1-13(23(12-24)11-16-10-21-14(2)22-18(16)20)17(29(26)27)8-9-28-19(25)15-6-4-3-5-7-15/h3-7,10,12H,8-9,11H2,1-2H3,(H,26,27)(H2,20,21,22)/b17-13-. The number of hydrogen-bond acceptors (Lipinski definition) is 7. The molecule has 1 atom stereocenters. The van der Waals surface area contributed by atoms with Crippen molar-refractivity contribution in [2.45, 2.75) is 26.8 Å². The summed E-state index contributed by atoms with van der Waals surface area (Å²) in [5.41, 5.74) is 6.99. The fraction of sp³-hybridized carbons (Fsp3) is 0.263. The molecule has 0 bridgehead atoms. The summed E-state index contributed by atoms with van der Waals surface area (Å²) in [5, 5.41) is 0. The average Bonchev–Trinajstić information content (AvgIpc) is 2.70. The summed E-state index contributed by atoms with van der Waals surface area (Å²) in [6.45, 7) is 3.13. The number of carbonyl (C=O) groups is 2. The maximum atomic E-state index is 12.0. The molecule has 1 heterocycles. The maximum absolute atomic E-state index is 12.0. The van der Waals surface area contributed by atoms with E-state index in [9.17, 15) is 18.4 Å². The Balaban J connectivity index is 2.11. The van der Waals surface area contributed by atoms with Crippen LogP contribution in [0.15, 0.2) is 47.1 Å². The molecule has 2 rings (SSSR count). The molecule has 2 aromatic rings. The first-order valence-electron chi connectivity index (χ1n) is 8.66. The van der Waals surface area contributed by atoms with Crippen LogP contribution in [-0.2, 0) is 27.2 Å². The highest BCUT2D eigenvalue weighted by Crippen LogP contribution is 2.19. The number of hydrogen-bond donors (Lipinski definition) is 2. The molecule has 9 nitrogen and oxygen atoms in total. The molecule has 154 valence electrons. The molecule has 0 fully saturated rings. The van der Waals surface area contributed by atoms with Crippen molar-refractivity contribution >= 4 is 29.3 Å². The van der Waals surface area contributed by atoms with Crippen LogP contribution in [0.2, 0.25) is 0 Å². The van der Waals surface area contributed by atoms with Crippen LogP contribution in [0, 0.1) is 6.92 Å². The Morgan fingerprint density at radius 1 is 1.34 bits per heavy atom. The van der Waals surface area contributed by atoms with E-state index in [0.29, 0.717) is 23.4 Å². The third kappa shape index (κ3) is 6.19. The number of nitrogen functional groups attached to an aromatic ring is 1. The summed E-state index contributed by atoms with van der Waals surface area (Å²) in [5.74, 6) is 0.178. The van der Waals surface area contributed by atoms with Crippen LogP contribution in [0.1, 0.15) is 35.1 Å². The third-order valence-electron chi connectivity index (χ3n) is 4.10. The normalized spacial score (nSPS) is 12.7. The van der Waals surface area contributed by atoms with E-state index < -0.39 is 17.0 Å². The summed E-state index contributed by atoms with van der Waals surface area (Å²) in [6, 6.07) is 8.40. The number of aromatic nitrogens is 2. The van der Waals surface area contributed by atoms with Crippen molar-refractivity contribution in [3.8, 4) is 0 Å². The van der Waals surface area contributed by atoms with Gasteiger partial charge in [-0.15, -0.1) is 0 Å². The molecular formula is C19H22N4O5S. The summed E-state index contributed by atoms with van der Waals surface area (Å²) in [6.07, 6.45) is 2.01. The number of rotatable bonds is 9. The molecule has 0 saturated heterocycles. The fourth-order valence-electron chi connectivity index (χ4n) is 2.50. The minimum absolute atomic E-state index is 0.0161. The van der Waals surface area contributed by atoms with E-state index in [1.54, 1.807) is 37.3 Å². The van der Waals surface area contributed by atoms with Crippen molar-refractivity contribution in [2.24, 2.45) is 0 Å². The monoisotopic (exact) mass is 418 g/mol. The maximum Gasteiger partial charge on any atom is 0.338 e. The lowest BCUT2D eigenvalue weighted by molar-refractivity contribution is -0.116. The lowest BCUT2D eigenvalue weighted by Crippen LogP contribution is -2.23. The van der Waals surface area contributed by atoms with Gasteiger partial charge in [-0.1, -0.05) is 18.2 Å². The van der Waals surface area contributed by atoms with Crippen LogP contribution >= 0.6 is 0 Å². The van der Waals surface area contributed by atoms with Gasteiger partial charge in [-0.25, -0.2) is 19.0 Å². The second-order valence-electron chi connectivity index (χ2n) is 6.07. The second kappa shape index (κ2) is 10.4. The highest BCUT2D eigenvalue weighted by atomic mass is 32.2. The van der Waals surface area contributed by atoms with Gasteiger partial charge in [0, 0.05) is 23.9 Å². The molecular weight excluding hydrogens is 396 g/mol. The molecule has 3 N–H and O–H groups in total. The number of carbonyl (C=O) groups excluding carboxylic acids is 2. The summed E-state index contributed by atoms with van der Waals surface area (Å²) >= 11 is -2.36. The van der Waals surface area contributed by atoms with Crippen molar-refractivity contribution < 1.29 is 23.1 Å². The zero-order valence-corrected chi connectivity index (χ0v) is 16.9. The van der Waals surface area contributed by atoms with Gasteiger partial charge in [-0.05, 0) is 26.0 Å². The van der Waals surface area contributed by atoms with Crippen molar-refractivity contribution in [1.29, 1.82) is 0 Å². The number of amides is 1. The zero-order valence-electron chi connectivity index (χ0n) is 16.1. The van der Waals surface area contributed by atoms with Gasteiger partial charge in [-0.3, -0.25) is 4.79 Å². The van der Waals surface area contributed by atoms with E-state index in [0.717, 1.165) is 0 Å². The predicted molar refractivity (Wildman–Crippen MR) is 108 cm³/mol. The van der Waals surface area contributed by atoms with Gasteiger partial charge in [0.05, 0.1) is 23.6 Å². The first-order chi connectivity index (χ1) is 13.8. The fourth-order valence-corrected chi connectivity index (χ4v) is 3.13. The number of benzene rings is 1. The van der Waals surface area contributed by atoms with Gasteiger partial charge in [0.25, 0.3) is 0 Å². The summed E-state index contributed by atoms with van der Waals surface area (Å²) in [7, 11) is 0. The zero-order chi connectivity index (χ0) is 21.4. The van der Waals surface area contributed by atoms with E-state index in [1.807, 2.05) is 0 Å². The van der Waals surface area contributed by atoms with Gasteiger partial charge in [0.1, 0.15) is 11.6 Å². The van der Waals surface area contributed by atoms with Crippen molar-refractivity contribution in [2.75, 3.05) is 12.3 Å². The third-order valence-corrected chi connectivity index (χ3v) is 5.02. The number of esters is 1. The summed E-state index contributed by atoms with van der Waals surface area (Å²) in [4.78, 5) is 32.9. The number of nitrogens with zero attached hydrogens (tertiary/aromatic N) is 3. The Hall–Kier alpha value is -3.11. The molecule has 1 amide bonds. The Kier molecular flexibility index (Phi) is 7.98. The van der Waals surface area contributed by atoms with Crippen LogP contribution < -0.4 is 5.73 Å². The minimum atomic E-state index is -2.36. The summed E-state index contributed by atoms with van der Waals surface area (Å²) < 4.78 is 26.6. The molecule has 0 radical (unpaired) electrons. The van der Waals surface area contributed by atoms with Crippen LogP contribution in [-0.4, -0.2) is 42.6 Å². The Morgan fingerprint density at radius 3 is 2.62 bits per heavy atom. The topological polar surface area (TPSA) is 136 Å². The highest BCUT2D eigenvalue weighted by Gasteiger charge is 2.18. The number of anilines is 1. The number of ether oxygens (including phenoxy) is 1. The van der Waals surface area contributed by atoms with Crippen LogP contribution in [0.5, 0.6) is 0 Å². The van der Waals surface area contributed by atoms with Crippen LogP contribution in [0.3, 0.4) is 0 Å². The quantitative estimate of drug-likeness (QED) is 0.359. The van der Waals surface area contributed by atoms with Gasteiger partial charge >= 0.3 is 5.97 Å². The van der Waals surface area contributed by atoms with Crippen molar-refractivity contribution in [3.05, 3.63) is 64.1 Å². The van der Waals surface area contributed by atoms with Gasteiger partial charge in [0.15, 0.2) is 11.1 Å². The largest absolute Gasteiger partial charge is 0.462 e. The molecule has 29 heavy (non-hydrogen) atoms. The minimum Gasteiger partial charge on any atom is -0.462 e. The van der Waals surface area contributed by atoms with Crippen LogP contribution in [0.25, 0.3) is 0 Å². The average molecular weight is 418 g/mol. The Morgan fingerprint density at radius 2 is 2.03 bits per heavy atom. The lowest BCUT2D eigenvalue weighted by Gasteiger charge is -2.21. The van der Waals surface area contributed by atoms with Gasteiger partial charge in [-0.2, -0.15) is 0 Å². The first kappa shape index (κ1) is 22.2. The molecule has 1 unspecified atom stereocenters. The smallest absolute Gasteiger partial charge is 0.338 e. The van der Waals surface area contributed by atoms with Crippen molar-refractivity contribution in [3.63, 3.8) is 0 Å². The highest BCUT2D eigenvalue weighted by molar-refractivity contribution is 7.83. The number of nitrogens with two attached hydrogens (primary N) is 1. The van der Waals surface area contributed by atoms with E-state index in [-0.39, 0.29) is 36.0 Å². The second-order valence-corrected chi connectivity index (χ2v) is 7.06. The molecule has 0 saturated carbocycles. The molecule has 0 aliphatic carbocycles. The molecule has 1 aromatic carbocycles. The number of allylic oxidation sites excluding steroid dienone is 1. The molecule has 10 heteroatoms. The van der Waals surface area contributed by atoms with Crippen molar-refractivity contribution in [1.82, 2.24) is 14.9 Å². The Bertz CT molecular complexity index is 933. The first-order valence-corrected chi connectivity index (χ1v) is 9.76. The molecule has 1 aromatic heterocycles. The Labute approximate surface area is 170 Å². The van der Waals surface area contributed by atoms with Gasteiger partial charge in [0.2, 0.25) is 6.41 Å². The van der Waals surface area contributed by atoms with E-state index in [1.165, 1.54) is 18.0 Å². The van der Waals surface area contributed by atoms with E-state index in [2.05, 4.69) is 9.97 Å². The SMILES string of the molecule is C/C(=C(\CCOC(=O)c1ccccc1)S(=O)O)N(C=O)Cc1cnc(C)nc1N. The molecule has 0 aliphatic heterocycles. The van der Waals surface area contributed by atoms with E-state index in [4.69, 9.17) is 10.5 Å².